The van der Waals surface area contributed by atoms with E-state index in [0.717, 1.165) is 19.0 Å². The summed E-state index contributed by atoms with van der Waals surface area (Å²) < 4.78 is 5.21. The van der Waals surface area contributed by atoms with Crippen LogP contribution in [0.4, 0.5) is 0 Å². The molecule has 1 aliphatic heterocycles. The third-order valence-corrected chi connectivity index (χ3v) is 4.76. The van der Waals surface area contributed by atoms with Crippen LogP contribution in [0.1, 0.15) is 50.7 Å². The van der Waals surface area contributed by atoms with Gasteiger partial charge in [-0.05, 0) is 50.9 Å². The van der Waals surface area contributed by atoms with Gasteiger partial charge in [0.25, 0.3) is 0 Å². The first-order valence-electron chi connectivity index (χ1n) is 10.1. The molecule has 1 aliphatic rings. The predicted octanol–water partition coefficient (Wildman–Crippen LogP) is 3.15. The van der Waals surface area contributed by atoms with E-state index >= 15 is 0 Å². The fourth-order valence-corrected chi connectivity index (χ4v) is 3.41. The van der Waals surface area contributed by atoms with Gasteiger partial charge in [-0.2, -0.15) is 0 Å². The van der Waals surface area contributed by atoms with Crippen LogP contribution in [0, 0.1) is 0 Å². The molecule has 1 unspecified atom stereocenters. The van der Waals surface area contributed by atoms with E-state index in [2.05, 4.69) is 53.6 Å². The number of hydrogen-bond acceptors (Lipinski definition) is 3. The van der Waals surface area contributed by atoms with Gasteiger partial charge in [-0.25, -0.2) is 4.99 Å². The summed E-state index contributed by atoms with van der Waals surface area (Å²) in [5.41, 5.74) is 2.72. The number of rotatable bonds is 8. The lowest BCUT2D eigenvalue weighted by atomic mass is 10.1. The van der Waals surface area contributed by atoms with Gasteiger partial charge in [-0.1, -0.05) is 37.1 Å². The molecule has 1 aromatic rings. The second-order valence-corrected chi connectivity index (χ2v) is 7.15. The second-order valence-electron chi connectivity index (χ2n) is 7.15. The number of nitrogens with one attached hydrogen (secondary N) is 2. The summed E-state index contributed by atoms with van der Waals surface area (Å²) in [6.45, 7) is 9.87. The molecule has 0 aliphatic carbocycles. The molecule has 146 valence electrons. The van der Waals surface area contributed by atoms with E-state index in [1.165, 1.54) is 49.9 Å². The van der Waals surface area contributed by atoms with Crippen LogP contribution < -0.4 is 10.6 Å². The molecule has 1 fully saturated rings. The average Bonchev–Trinajstić information content (AvgIpc) is 2.90. The van der Waals surface area contributed by atoms with Crippen LogP contribution in [0.2, 0.25) is 0 Å². The Morgan fingerprint density at radius 2 is 1.85 bits per heavy atom. The largest absolute Gasteiger partial charge is 0.383 e. The highest BCUT2D eigenvalue weighted by atomic mass is 16.5. The number of ether oxygens (including phenoxy) is 1. The molecule has 0 aromatic heterocycles. The Hall–Kier alpha value is -1.59. The fourth-order valence-electron chi connectivity index (χ4n) is 3.41. The maximum absolute atomic E-state index is 5.21. The van der Waals surface area contributed by atoms with Crippen LogP contribution in [0.3, 0.4) is 0 Å². The summed E-state index contributed by atoms with van der Waals surface area (Å²) in [6, 6.07) is 8.95. The molecule has 0 amide bonds. The van der Waals surface area contributed by atoms with Crippen molar-refractivity contribution in [1.29, 1.82) is 0 Å². The van der Waals surface area contributed by atoms with E-state index in [9.17, 15) is 0 Å². The molecule has 1 saturated heterocycles. The van der Waals surface area contributed by atoms with Gasteiger partial charge in [0.1, 0.15) is 0 Å². The molecular weight excluding hydrogens is 324 g/mol. The first-order chi connectivity index (χ1) is 12.7. The summed E-state index contributed by atoms with van der Waals surface area (Å²) in [5.74, 6) is 0.849. The summed E-state index contributed by atoms with van der Waals surface area (Å²) in [7, 11) is 1.72. The zero-order valence-electron chi connectivity index (χ0n) is 16.8. The molecule has 0 bridgehead atoms. The minimum absolute atomic E-state index is 0.227. The normalized spacial score (nSPS) is 17.6. The fraction of sp³-hybridized carbons (Fsp3) is 0.667. The first kappa shape index (κ1) is 20.7. The van der Waals surface area contributed by atoms with Crippen LogP contribution >= 0.6 is 0 Å². The summed E-state index contributed by atoms with van der Waals surface area (Å²) >= 11 is 0. The van der Waals surface area contributed by atoms with Crippen molar-refractivity contribution in [3.8, 4) is 0 Å². The molecule has 1 aromatic carbocycles. The van der Waals surface area contributed by atoms with E-state index in [4.69, 9.17) is 9.73 Å². The lowest BCUT2D eigenvalue weighted by molar-refractivity contribution is 0.179. The van der Waals surface area contributed by atoms with E-state index in [1.807, 2.05) is 0 Å². The van der Waals surface area contributed by atoms with Gasteiger partial charge in [0, 0.05) is 26.2 Å². The van der Waals surface area contributed by atoms with Crippen molar-refractivity contribution in [2.45, 2.75) is 58.7 Å². The highest BCUT2D eigenvalue weighted by Gasteiger charge is 2.12. The highest BCUT2D eigenvalue weighted by molar-refractivity contribution is 5.80. The molecule has 26 heavy (non-hydrogen) atoms. The lowest BCUT2D eigenvalue weighted by Crippen LogP contribution is -2.43. The minimum atomic E-state index is 0.227. The molecule has 0 radical (unpaired) electrons. The number of hydrogen-bond donors (Lipinski definition) is 2. The smallest absolute Gasteiger partial charge is 0.191 e. The molecule has 5 nitrogen and oxygen atoms in total. The van der Waals surface area contributed by atoms with Crippen molar-refractivity contribution < 1.29 is 4.74 Å². The number of aliphatic imine (C=N–C) groups is 1. The van der Waals surface area contributed by atoms with Crippen LogP contribution in [-0.4, -0.2) is 50.3 Å². The number of nitrogens with zero attached hydrogens (tertiary/aromatic N) is 2. The monoisotopic (exact) mass is 360 g/mol. The Labute approximate surface area is 159 Å². The summed E-state index contributed by atoms with van der Waals surface area (Å²) in [5, 5.41) is 6.73. The van der Waals surface area contributed by atoms with Gasteiger partial charge < -0.3 is 15.4 Å². The van der Waals surface area contributed by atoms with Gasteiger partial charge in [0.05, 0.1) is 13.2 Å². The van der Waals surface area contributed by atoms with Gasteiger partial charge in [-0.15, -0.1) is 0 Å². The Bertz CT molecular complexity index is 539. The molecule has 1 atom stereocenters. The predicted molar refractivity (Wildman–Crippen MR) is 109 cm³/mol. The standard InChI is InChI=1S/C21H36N4O/c1-4-22-21(24-18(2)17-26-3)23-15-19-11-7-8-12-20(19)16-25-13-9-5-6-10-14-25/h7-8,11-12,18H,4-6,9-10,13-17H2,1-3H3,(H2,22,23,24). The molecule has 1 heterocycles. The third kappa shape index (κ3) is 7.34. The number of methoxy groups -OCH3 is 1. The van der Waals surface area contributed by atoms with Crippen molar-refractivity contribution in [3.63, 3.8) is 0 Å². The Kier molecular flexibility index (Phi) is 9.50. The zero-order chi connectivity index (χ0) is 18.6. The van der Waals surface area contributed by atoms with Crippen molar-refractivity contribution in [2.24, 2.45) is 4.99 Å². The SMILES string of the molecule is CCNC(=NCc1ccccc1CN1CCCCCC1)NC(C)COC. The second kappa shape index (κ2) is 11.9. The van der Waals surface area contributed by atoms with Crippen molar-refractivity contribution in [2.75, 3.05) is 33.4 Å². The lowest BCUT2D eigenvalue weighted by Gasteiger charge is -2.21. The minimum Gasteiger partial charge on any atom is -0.383 e. The van der Waals surface area contributed by atoms with Crippen molar-refractivity contribution >= 4 is 5.96 Å². The average molecular weight is 361 g/mol. The van der Waals surface area contributed by atoms with E-state index in [1.54, 1.807) is 7.11 Å². The molecule has 0 spiro atoms. The van der Waals surface area contributed by atoms with Gasteiger partial charge >= 0.3 is 0 Å². The number of likely N-dealkylation sites (tertiary alicyclic amines) is 1. The van der Waals surface area contributed by atoms with Crippen molar-refractivity contribution in [3.05, 3.63) is 35.4 Å². The quantitative estimate of drug-likeness (QED) is 0.552. The maximum atomic E-state index is 5.21. The topological polar surface area (TPSA) is 48.9 Å². The third-order valence-electron chi connectivity index (χ3n) is 4.76. The van der Waals surface area contributed by atoms with Crippen LogP contribution in [0.15, 0.2) is 29.3 Å². The van der Waals surface area contributed by atoms with Gasteiger partial charge in [0.15, 0.2) is 5.96 Å². The molecule has 2 N–H and O–H groups in total. The first-order valence-corrected chi connectivity index (χ1v) is 10.1. The van der Waals surface area contributed by atoms with Crippen LogP contribution in [0.25, 0.3) is 0 Å². The molecular formula is C21H36N4O. The zero-order valence-corrected chi connectivity index (χ0v) is 16.8. The number of guanidine groups is 1. The van der Waals surface area contributed by atoms with Gasteiger partial charge in [-0.3, -0.25) is 4.90 Å². The van der Waals surface area contributed by atoms with Crippen LogP contribution in [0.5, 0.6) is 0 Å². The molecule has 0 saturated carbocycles. The molecule has 2 rings (SSSR count). The Balaban J connectivity index is 2.02. The molecule has 5 heteroatoms. The van der Waals surface area contributed by atoms with Gasteiger partial charge in [0.2, 0.25) is 0 Å². The highest BCUT2D eigenvalue weighted by Crippen LogP contribution is 2.16. The van der Waals surface area contributed by atoms with Crippen LogP contribution in [-0.2, 0) is 17.8 Å². The van der Waals surface area contributed by atoms with E-state index < -0.39 is 0 Å². The van der Waals surface area contributed by atoms with E-state index in [-0.39, 0.29) is 6.04 Å². The number of benzene rings is 1. The van der Waals surface area contributed by atoms with Crippen molar-refractivity contribution in [1.82, 2.24) is 15.5 Å². The summed E-state index contributed by atoms with van der Waals surface area (Å²) in [6.07, 6.45) is 5.40. The summed E-state index contributed by atoms with van der Waals surface area (Å²) in [4.78, 5) is 7.40. The Morgan fingerprint density at radius 3 is 2.50 bits per heavy atom. The Morgan fingerprint density at radius 1 is 1.15 bits per heavy atom. The maximum Gasteiger partial charge on any atom is 0.191 e. The van der Waals surface area contributed by atoms with E-state index in [0.29, 0.717) is 13.2 Å².